The van der Waals surface area contributed by atoms with E-state index in [9.17, 15) is 9.59 Å². The first kappa shape index (κ1) is 28.6. The highest BCUT2D eigenvalue weighted by molar-refractivity contribution is 5.75. The fraction of sp³-hybridized carbons (Fsp3) is 0.889. The smallest absolute Gasteiger partial charge is 0.338 e. The molecule has 0 N–H and O–H groups in total. The molecule has 7 nitrogen and oxygen atoms in total. The van der Waals surface area contributed by atoms with Gasteiger partial charge in [0.25, 0.3) is 0 Å². The topological polar surface area (TPSA) is 80.3 Å². The normalized spacial score (nSPS) is 13.5. The minimum Gasteiger partial charge on any atom is -0.458 e. The van der Waals surface area contributed by atoms with Gasteiger partial charge in [0.2, 0.25) is 0 Å². The third kappa shape index (κ3) is 17.4. The van der Waals surface area contributed by atoms with Gasteiger partial charge >= 0.3 is 11.9 Å². The van der Waals surface area contributed by atoms with Crippen LogP contribution in [0.2, 0.25) is 0 Å². The largest absolute Gasteiger partial charge is 0.458 e. The Labute approximate surface area is 153 Å². The molecular weight excluding hydrogens is 328 g/mol. The van der Waals surface area contributed by atoms with Gasteiger partial charge in [-0.3, -0.25) is 0 Å². The van der Waals surface area contributed by atoms with Crippen molar-refractivity contribution >= 4 is 11.9 Å². The van der Waals surface area contributed by atoms with Gasteiger partial charge in [-0.05, 0) is 48.5 Å². The average molecular weight is 366 g/mol. The van der Waals surface area contributed by atoms with E-state index in [-0.39, 0.29) is 20.0 Å². The molecule has 0 aromatic carbocycles. The van der Waals surface area contributed by atoms with Crippen molar-refractivity contribution in [3.63, 3.8) is 0 Å². The molecule has 0 aliphatic carbocycles. The minimum absolute atomic E-state index is 0. The molecule has 152 valence electrons. The van der Waals surface area contributed by atoms with Crippen LogP contribution in [0, 0.1) is 0 Å². The molecule has 0 saturated heterocycles. The van der Waals surface area contributed by atoms with E-state index < -0.39 is 29.4 Å². The summed E-state index contributed by atoms with van der Waals surface area (Å²) in [6, 6.07) is 0. The molecule has 0 radical (unpaired) electrons. The van der Waals surface area contributed by atoms with Crippen LogP contribution in [-0.2, 0) is 33.3 Å². The molecule has 0 aromatic heterocycles. The van der Waals surface area contributed by atoms with Gasteiger partial charge in [0, 0.05) is 21.3 Å². The van der Waals surface area contributed by atoms with Gasteiger partial charge in [-0.2, -0.15) is 0 Å². The van der Waals surface area contributed by atoms with Gasteiger partial charge in [0.15, 0.2) is 12.2 Å². The van der Waals surface area contributed by atoms with E-state index in [1.165, 1.54) is 21.3 Å². The zero-order chi connectivity index (χ0) is 19.6. The second-order valence-electron chi connectivity index (χ2n) is 7.12. The van der Waals surface area contributed by atoms with Gasteiger partial charge in [-0.1, -0.05) is 7.43 Å². The molecule has 2 unspecified atom stereocenters. The highest BCUT2D eigenvalue weighted by Gasteiger charge is 2.24. The lowest BCUT2D eigenvalue weighted by molar-refractivity contribution is -0.169. The highest BCUT2D eigenvalue weighted by atomic mass is 16.6. The fourth-order valence-corrected chi connectivity index (χ4v) is 1.23. The zero-order valence-electron chi connectivity index (χ0n) is 16.7. The van der Waals surface area contributed by atoms with E-state index in [2.05, 4.69) is 0 Å². The van der Waals surface area contributed by atoms with Crippen LogP contribution in [-0.4, -0.2) is 63.3 Å². The number of rotatable bonds is 6. The Bertz CT molecular complexity index is 367. The maximum Gasteiger partial charge on any atom is 0.338 e. The maximum absolute atomic E-state index is 11.4. The van der Waals surface area contributed by atoms with Crippen molar-refractivity contribution in [1.82, 2.24) is 0 Å². The van der Waals surface area contributed by atoms with Gasteiger partial charge < -0.3 is 23.7 Å². The lowest BCUT2D eigenvalue weighted by Crippen LogP contribution is -2.35. The first-order valence-corrected chi connectivity index (χ1v) is 7.77. The molecule has 0 rings (SSSR count). The number of methoxy groups -OCH3 is 3. The molecular formula is C18H38O7. The molecule has 0 aromatic rings. The number of hydrogen-bond donors (Lipinski definition) is 0. The predicted molar refractivity (Wildman–Crippen MR) is 97.6 cm³/mol. The minimum atomic E-state index is -0.635. The molecule has 0 bridgehead atoms. The van der Waals surface area contributed by atoms with Gasteiger partial charge in [-0.15, -0.1) is 0 Å². The van der Waals surface area contributed by atoms with E-state index in [1.54, 1.807) is 6.92 Å². The van der Waals surface area contributed by atoms with Crippen LogP contribution < -0.4 is 0 Å². The highest BCUT2D eigenvalue weighted by Crippen LogP contribution is 2.10. The molecule has 7 heteroatoms. The number of ether oxygens (including phenoxy) is 5. The van der Waals surface area contributed by atoms with Crippen LogP contribution in [0.4, 0.5) is 0 Å². The Balaban J connectivity index is -0.000000377. The number of esters is 2. The summed E-state index contributed by atoms with van der Waals surface area (Å²) in [4.78, 5) is 22.4. The summed E-state index contributed by atoms with van der Waals surface area (Å²) in [5, 5.41) is 0. The van der Waals surface area contributed by atoms with E-state index in [4.69, 9.17) is 23.7 Å². The van der Waals surface area contributed by atoms with Crippen molar-refractivity contribution in [3.8, 4) is 0 Å². The molecule has 0 amide bonds. The molecule has 25 heavy (non-hydrogen) atoms. The van der Waals surface area contributed by atoms with Crippen LogP contribution >= 0.6 is 0 Å². The van der Waals surface area contributed by atoms with Crippen molar-refractivity contribution in [2.24, 2.45) is 0 Å². The molecule has 0 saturated carbocycles. The molecule has 0 heterocycles. The number of carbonyl (C=O) groups is 2. The average Bonchev–Trinajstić information content (AvgIpc) is 2.40. The van der Waals surface area contributed by atoms with E-state index in [0.29, 0.717) is 0 Å². The Hall–Kier alpha value is -1.18. The lowest BCUT2D eigenvalue weighted by atomic mass is 10.2. The zero-order valence-corrected chi connectivity index (χ0v) is 16.7. The Morgan fingerprint density at radius 3 is 1.48 bits per heavy atom. The lowest BCUT2D eigenvalue weighted by Gasteiger charge is -2.22. The van der Waals surface area contributed by atoms with Crippen LogP contribution in [0.25, 0.3) is 0 Å². The van der Waals surface area contributed by atoms with Gasteiger partial charge in [-0.25, -0.2) is 9.59 Å². The first-order valence-electron chi connectivity index (χ1n) is 7.77. The standard InChI is InChI=1S/C9H18O4.C8H16O3.CH4/c1-9(2,3)13-8(10)7(12-5)6-11-4;1-6(10-5)7(9)11-8(2,3)4;/h7H,6H2,1-5H3;6H,1-5H3;1H4. The van der Waals surface area contributed by atoms with Gasteiger partial charge in [0.1, 0.15) is 11.2 Å². The third-order valence-corrected chi connectivity index (χ3v) is 2.36. The SMILES string of the molecule is C.COC(C)C(=O)OC(C)(C)C.COCC(OC)C(=O)OC(C)(C)C. The molecule has 2 atom stereocenters. The van der Waals surface area contributed by atoms with Crippen LogP contribution in [0.15, 0.2) is 0 Å². The van der Waals surface area contributed by atoms with E-state index >= 15 is 0 Å². The Morgan fingerprint density at radius 1 is 0.800 bits per heavy atom. The monoisotopic (exact) mass is 366 g/mol. The fourth-order valence-electron chi connectivity index (χ4n) is 1.23. The predicted octanol–water partition coefficient (Wildman–Crippen LogP) is 2.99. The molecule has 0 aliphatic heterocycles. The molecule has 0 aliphatic rings. The van der Waals surface area contributed by atoms with Crippen LogP contribution in [0.1, 0.15) is 55.9 Å². The summed E-state index contributed by atoms with van der Waals surface area (Å²) in [6.45, 7) is 12.8. The molecule has 0 spiro atoms. The quantitative estimate of drug-likeness (QED) is 0.668. The Morgan fingerprint density at radius 2 is 1.20 bits per heavy atom. The van der Waals surface area contributed by atoms with Gasteiger partial charge in [0.05, 0.1) is 6.61 Å². The van der Waals surface area contributed by atoms with E-state index in [0.717, 1.165) is 0 Å². The summed E-state index contributed by atoms with van der Waals surface area (Å²) in [7, 11) is 4.44. The molecule has 0 fully saturated rings. The summed E-state index contributed by atoms with van der Waals surface area (Å²) < 4.78 is 24.6. The van der Waals surface area contributed by atoms with Crippen molar-refractivity contribution in [1.29, 1.82) is 0 Å². The van der Waals surface area contributed by atoms with E-state index in [1.807, 2.05) is 41.5 Å². The second kappa shape index (κ2) is 13.1. The maximum atomic E-state index is 11.4. The summed E-state index contributed by atoms with van der Waals surface area (Å²) in [5.41, 5.74) is -0.911. The Kier molecular flexibility index (Phi) is 15.0. The van der Waals surface area contributed by atoms with Crippen molar-refractivity contribution in [2.45, 2.75) is 79.3 Å². The number of carbonyl (C=O) groups excluding carboxylic acids is 2. The summed E-state index contributed by atoms with van der Waals surface area (Å²) in [5.74, 6) is -0.711. The second-order valence-corrected chi connectivity index (χ2v) is 7.12. The third-order valence-electron chi connectivity index (χ3n) is 2.36. The first-order chi connectivity index (χ1) is 10.8. The number of hydrogen-bond acceptors (Lipinski definition) is 7. The summed E-state index contributed by atoms with van der Waals surface area (Å²) >= 11 is 0. The van der Waals surface area contributed by atoms with Crippen molar-refractivity contribution in [3.05, 3.63) is 0 Å². The summed E-state index contributed by atoms with van der Waals surface area (Å²) in [6.07, 6.45) is -1.11. The van der Waals surface area contributed by atoms with Crippen molar-refractivity contribution < 1.29 is 33.3 Å². The van der Waals surface area contributed by atoms with Crippen LogP contribution in [0.3, 0.4) is 0 Å². The van der Waals surface area contributed by atoms with Crippen LogP contribution in [0.5, 0.6) is 0 Å². The van der Waals surface area contributed by atoms with Crippen molar-refractivity contribution in [2.75, 3.05) is 27.9 Å².